The zero-order valence-corrected chi connectivity index (χ0v) is 12.7. The van der Waals surface area contributed by atoms with Crippen molar-refractivity contribution in [2.75, 3.05) is 26.9 Å². The number of aryl methyl sites for hydroxylation is 1. The van der Waals surface area contributed by atoms with Gasteiger partial charge in [0.1, 0.15) is 0 Å². The molecule has 7 heteroatoms. The number of hydrogen-bond donors (Lipinski definition) is 1. The van der Waals surface area contributed by atoms with Gasteiger partial charge in [-0.3, -0.25) is 9.36 Å². The van der Waals surface area contributed by atoms with Crippen molar-refractivity contribution in [3.05, 3.63) is 27.4 Å². The number of aliphatic carboxylic acids is 1. The van der Waals surface area contributed by atoms with Gasteiger partial charge in [0.25, 0.3) is 0 Å². The quantitative estimate of drug-likeness (QED) is 0.669. The highest BCUT2D eigenvalue weighted by molar-refractivity contribution is 5.67. The van der Waals surface area contributed by atoms with Crippen molar-refractivity contribution in [1.29, 1.82) is 0 Å². The molecule has 0 aliphatic rings. The second kappa shape index (κ2) is 8.53. The predicted molar refractivity (Wildman–Crippen MR) is 76.6 cm³/mol. The maximum Gasteiger partial charge on any atom is 0.348 e. The number of carbonyl (C=O) groups is 1. The number of rotatable bonds is 9. The monoisotopic (exact) mass is 298 g/mol. The molecule has 0 atom stereocenters. The number of methoxy groups -OCH3 is 1. The maximum absolute atomic E-state index is 11.9. The first-order valence-corrected chi connectivity index (χ1v) is 6.82. The molecule has 1 aromatic rings. The lowest BCUT2D eigenvalue weighted by molar-refractivity contribution is -0.136. The highest BCUT2D eigenvalue weighted by Gasteiger charge is 2.12. The number of nitrogens with zero attached hydrogens (tertiary/aromatic N) is 2. The van der Waals surface area contributed by atoms with E-state index in [1.165, 1.54) is 4.57 Å². The summed E-state index contributed by atoms with van der Waals surface area (Å²) in [4.78, 5) is 26.6. The lowest BCUT2D eigenvalue weighted by Gasteiger charge is -2.15. The molecule has 0 saturated heterocycles. The summed E-state index contributed by atoms with van der Waals surface area (Å²) < 4.78 is 11.7. The van der Waals surface area contributed by atoms with Gasteiger partial charge in [-0.25, -0.2) is 4.79 Å². The summed E-state index contributed by atoms with van der Waals surface area (Å²) in [6.07, 6.45) is 0.386. The minimum Gasteiger partial charge on any atom is -0.481 e. The highest BCUT2D eigenvalue weighted by Crippen LogP contribution is 2.12. The first kappa shape index (κ1) is 17.3. The average Bonchev–Trinajstić information content (AvgIpc) is 2.41. The third-order valence-corrected chi connectivity index (χ3v) is 3.25. The van der Waals surface area contributed by atoms with Gasteiger partial charge in [0.2, 0.25) is 0 Å². The molecule has 0 aromatic carbocycles. The van der Waals surface area contributed by atoms with E-state index in [0.717, 1.165) is 11.3 Å². The van der Waals surface area contributed by atoms with Crippen LogP contribution in [0.15, 0.2) is 4.79 Å². The standard InChI is InChI=1S/C14H22N2O5/c1-10-12(4-5-13(17)18)11(2)16(14(19)15-10)6-7-21-9-8-20-3/h4-9H2,1-3H3,(H,17,18). The molecule has 21 heavy (non-hydrogen) atoms. The molecule has 0 aliphatic carbocycles. The molecule has 0 saturated carbocycles. The van der Waals surface area contributed by atoms with Crippen LogP contribution in [-0.2, 0) is 27.2 Å². The summed E-state index contributed by atoms with van der Waals surface area (Å²) in [5, 5.41) is 8.78. The molecule has 0 spiro atoms. The molecule has 0 bridgehead atoms. The normalized spacial score (nSPS) is 10.8. The summed E-state index contributed by atoms with van der Waals surface area (Å²) in [5.41, 5.74) is 1.83. The first-order chi connectivity index (χ1) is 9.97. The van der Waals surface area contributed by atoms with Crippen molar-refractivity contribution in [1.82, 2.24) is 9.55 Å². The summed E-state index contributed by atoms with van der Waals surface area (Å²) in [6.45, 7) is 5.28. The zero-order chi connectivity index (χ0) is 15.8. The summed E-state index contributed by atoms with van der Waals surface area (Å²) in [7, 11) is 1.59. The second-order valence-corrected chi connectivity index (χ2v) is 4.69. The largest absolute Gasteiger partial charge is 0.481 e. The zero-order valence-electron chi connectivity index (χ0n) is 12.7. The van der Waals surface area contributed by atoms with Crippen molar-refractivity contribution in [3.63, 3.8) is 0 Å². The van der Waals surface area contributed by atoms with Gasteiger partial charge in [-0.1, -0.05) is 0 Å². The molecule has 7 nitrogen and oxygen atoms in total. The van der Waals surface area contributed by atoms with Crippen molar-refractivity contribution >= 4 is 5.97 Å². The fourth-order valence-electron chi connectivity index (χ4n) is 2.10. The highest BCUT2D eigenvalue weighted by atomic mass is 16.5. The molecule has 0 fully saturated rings. The third-order valence-electron chi connectivity index (χ3n) is 3.25. The Kier molecular flexibility index (Phi) is 7.04. The van der Waals surface area contributed by atoms with E-state index in [2.05, 4.69) is 4.98 Å². The molecular formula is C14H22N2O5. The Morgan fingerprint density at radius 2 is 2.00 bits per heavy atom. The molecule has 0 unspecified atom stereocenters. The molecule has 1 heterocycles. The van der Waals surface area contributed by atoms with E-state index >= 15 is 0 Å². The summed E-state index contributed by atoms with van der Waals surface area (Å²) in [6, 6.07) is 0. The van der Waals surface area contributed by atoms with E-state index in [1.807, 2.05) is 6.92 Å². The van der Waals surface area contributed by atoms with Crippen LogP contribution in [-0.4, -0.2) is 47.6 Å². The smallest absolute Gasteiger partial charge is 0.348 e. The lowest BCUT2D eigenvalue weighted by Crippen LogP contribution is -2.29. The van der Waals surface area contributed by atoms with Gasteiger partial charge in [0, 0.05) is 24.9 Å². The fraction of sp³-hybridized carbons (Fsp3) is 0.643. The fourth-order valence-corrected chi connectivity index (χ4v) is 2.10. The topological polar surface area (TPSA) is 90.7 Å². The minimum atomic E-state index is -0.866. The van der Waals surface area contributed by atoms with Crippen LogP contribution in [0.1, 0.15) is 23.4 Å². The van der Waals surface area contributed by atoms with Gasteiger partial charge in [0.15, 0.2) is 0 Å². The van der Waals surface area contributed by atoms with Gasteiger partial charge in [-0.2, -0.15) is 4.98 Å². The van der Waals surface area contributed by atoms with Gasteiger partial charge in [-0.05, 0) is 25.8 Å². The molecule has 0 radical (unpaired) electrons. The number of carboxylic acid groups (broad SMARTS) is 1. The average molecular weight is 298 g/mol. The summed E-state index contributed by atoms with van der Waals surface area (Å²) in [5.74, 6) is -0.866. The van der Waals surface area contributed by atoms with Crippen LogP contribution < -0.4 is 5.69 Å². The number of carboxylic acids is 1. The second-order valence-electron chi connectivity index (χ2n) is 4.69. The van der Waals surface area contributed by atoms with E-state index in [4.69, 9.17) is 14.6 Å². The number of hydrogen-bond acceptors (Lipinski definition) is 5. The Morgan fingerprint density at radius 1 is 1.29 bits per heavy atom. The van der Waals surface area contributed by atoms with Crippen LogP contribution in [0.2, 0.25) is 0 Å². The van der Waals surface area contributed by atoms with Crippen LogP contribution in [0.25, 0.3) is 0 Å². The number of ether oxygens (including phenoxy) is 2. The van der Waals surface area contributed by atoms with Crippen LogP contribution in [0.4, 0.5) is 0 Å². The molecule has 118 valence electrons. The molecule has 0 amide bonds. The van der Waals surface area contributed by atoms with Gasteiger partial charge in [0.05, 0.1) is 26.4 Å². The molecule has 1 N–H and O–H groups in total. The van der Waals surface area contributed by atoms with Gasteiger partial charge < -0.3 is 14.6 Å². The predicted octanol–water partition coefficient (Wildman–Crippen LogP) is 0.540. The van der Waals surface area contributed by atoms with Crippen molar-refractivity contribution in [2.24, 2.45) is 0 Å². The van der Waals surface area contributed by atoms with Crippen molar-refractivity contribution < 1.29 is 19.4 Å². The Morgan fingerprint density at radius 3 is 2.62 bits per heavy atom. The van der Waals surface area contributed by atoms with Crippen molar-refractivity contribution in [3.8, 4) is 0 Å². The Bertz CT molecular complexity index is 539. The molecule has 0 aliphatic heterocycles. The van der Waals surface area contributed by atoms with Gasteiger partial charge >= 0.3 is 11.7 Å². The van der Waals surface area contributed by atoms with Gasteiger partial charge in [-0.15, -0.1) is 0 Å². The van der Waals surface area contributed by atoms with Crippen LogP contribution in [0, 0.1) is 13.8 Å². The minimum absolute atomic E-state index is 0.0197. The Labute approximate surface area is 123 Å². The number of aromatic nitrogens is 2. The Balaban J connectivity index is 2.81. The molecule has 1 aromatic heterocycles. The van der Waals surface area contributed by atoms with E-state index in [9.17, 15) is 9.59 Å². The Hall–Kier alpha value is -1.73. The van der Waals surface area contributed by atoms with Crippen LogP contribution >= 0.6 is 0 Å². The molecule has 1 rings (SSSR count). The van der Waals surface area contributed by atoms with Crippen molar-refractivity contribution in [2.45, 2.75) is 33.2 Å². The maximum atomic E-state index is 11.9. The van der Waals surface area contributed by atoms with Crippen LogP contribution in [0.3, 0.4) is 0 Å². The van der Waals surface area contributed by atoms with E-state index in [-0.39, 0.29) is 12.1 Å². The SMILES string of the molecule is COCCOCCn1c(C)c(CCC(=O)O)c(C)nc1=O. The lowest BCUT2D eigenvalue weighted by atomic mass is 10.1. The van der Waals surface area contributed by atoms with E-state index < -0.39 is 5.97 Å². The molecular weight excluding hydrogens is 276 g/mol. The van der Waals surface area contributed by atoms with E-state index in [1.54, 1.807) is 14.0 Å². The van der Waals surface area contributed by atoms with E-state index in [0.29, 0.717) is 38.5 Å². The summed E-state index contributed by atoms with van der Waals surface area (Å²) >= 11 is 0. The first-order valence-electron chi connectivity index (χ1n) is 6.82. The van der Waals surface area contributed by atoms with Crippen LogP contribution in [0.5, 0.6) is 0 Å². The third kappa shape index (κ3) is 5.28.